The quantitative estimate of drug-likeness (QED) is 0.783. The highest BCUT2D eigenvalue weighted by atomic mass is 32.2. The molecule has 0 spiro atoms. The molecule has 1 atom stereocenters. The van der Waals surface area contributed by atoms with Crippen molar-refractivity contribution in [2.45, 2.75) is 40.2 Å². The van der Waals surface area contributed by atoms with E-state index in [-0.39, 0.29) is 5.56 Å². The number of thiophene rings is 1. The number of H-pyrrole nitrogens is 1. The van der Waals surface area contributed by atoms with Crippen LogP contribution in [0.15, 0.2) is 4.79 Å². The van der Waals surface area contributed by atoms with Gasteiger partial charge in [-0.05, 0) is 38.2 Å². The van der Waals surface area contributed by atoms with Gasteiger partial charge in [0, 0.05) is 44.1 Å². The molecular weight excluding hydrogens is 410 g/mol. The van der Waals surface area contributed by atoms with E-state index in [9.17, 15) is 13.2 Å². The smallest absolute Gasteiger partial charge is 0.282 e. The Balaban J connectivity index is 1.41. The number of aromatic amines is 1. The molecule has 1 N–H and O–H groups in total. The molecule has 0 aliphatic carbocycles. The van der Waals surface area contributed by atoms with Gasteiger partial charge in [-0.1, -0.05) is 6.92 Å². The SMILES string of the molecule is Cc1sc2nc(CN3CCN(S(=O)(=O)N4CCCC(C)C4)CC3)[nH]c(=O)c2c1C. The van der Waals surface area contributed by atoms with Crippen LogP contribution >= 0.6 is 11.3 Å². The first-order valence-electron chi connectivity index (χ1n) is 10.2. The number of hydrogen-bond donors (Lipinski definition) is 1. The summed E-state index contributed by atoms with van der Waals surface area (Å²) in [6, 6.07) is 0. The molecule has 0 amide bonds. The molecule has 160 valence electrons. The summed E-state index contributed by atoms with van der Waals surface area (Å²) in [6.45, 7) is 10.0. The van der Waals surface area contributed by atoms with Gasteiger partial charge in [0.25, 0.3) is 15.8 Å². The lowest BCUT2D eigenvalue weighted by Crippen LogP contribution is -2.54. The number of hydrogen-bond acceptors (Lipinski definition) is 6. The Labute approximate surface area is 175 Å². The standard InChI is InChI=1S/C19H29N5O3S2/c1-13-5-4-6-24(11-13)29(26,27)23-9-7-22(8-10-23)12-16-20-18(25)17-14(2)15(3)28-19(17)21-16/h13H,4-12H2,1-3H3,(H,20,21,25). The molecule has 0 bridgehead atoms. The molecule has 10 heteroatoms. The van der Waals surface area contributed by atoms with Crippen LogP contribution in [-0.2, 0) is 16.8 Å². The Hall–Kier alpha value is -1.33. The number of piperidine rings is 1. The molecule has 2 aromatic heterocycles. The maximum atomic E-state index is 13.0. The first kappa shape index (κ1) is 20.9. The van der Waals surface area contributed by atoms with Crippen molar-refractivity contribution < 1.29 is 8.42 Å². The highest BCUT2D eigenvalue weighted by Crippen LogP contribution is 2.26. The normalized spacial score (nSPS) is 23.1. The summed E-state index contributed by atoms with van der Waals surface area (Å²) in [4.78, 5) is 24.1. The van der Waals surface area contributed by atoms with Crippen molar-refractivity contribution in [1.29, 1.82) is 0 Å². The summed E-state index contributed by atoms with van der Waals surface area (Å²) < 4.78 is 29.2. The zero-order valence-corrected chi connectivity index (χ0v) is 18.9. The molecule has 8 nitrogen and oxygen atoms in total. The molecular formula is C19H29N5O3S2. The zero-order chi connectivity index (χ0) is 20.8. The molecule has 2 aliphatic rings. The lowest BCUT2D eigenvalue weighted by molar-refractivity contribution is 0.167. The predicted molar refractivity (Wildman–Crippen MR) is 115 cm³/mol. The van der Waals surface area contributed by atoms with Crippen molar-refractivity contribution in [3.63, 3.8) is 0 Å². The van der Waals surface area contributed by atoms with Gasteiger partial charge >= 0.3 is 0 Å². The summed E-state index contributed by atoms with van der Waals surface area (Å²) >= 11 is 1.55. The third kappa shape index (κ3) is 4.13. The summed E-state index contributed by atoms with van der Waals surface area (Å²) in [5.74, 6) is 1.06. The topological polar surface area (TPSA) is 89.6 Å². The summed E-state index contributed by atoms with van der Waals surface area (Å²) in [6.07, 6.45) is 2.03. The van der Waals surface area contributed by atoms with Crippen molar-refractivity contribution in [2.24, 2.45) is 5.92 Å². The highest BCUT2D eigenvalue weighted by Gasteiger charge is 2.34. The van der Waals surface area contributed by atoms with E-state index in [1.54, 1.807) is 19.9 Å². The van der Waals surface area contributed by atoms with Gasteiger partial charge in [0.15, 0.2) is 0 Å². The number of aromatic nitrogens is 2. The number of piperazine rings is 1. The van der Waals surface area contributed by atoms with Crippen molar-refractivity contribution in [2.75, 3.05) is 39.3 Å². The van der Waals surface area contributed by atoms with Gasteiger partial charge in [0.1, 0.15) is 10.7 Å². The summed E-state index contributed by atoms with van der Waals surface area (Å²) in [5, 5.41) is 0.683. The van der Waals surface area contributed by atoms with E-state index in [4.69, 9.17) is 0 Å². The van der Waals surface area contributed by atoms with Crippen LogP contribution in [0.1, 0.15) is 36.0 Å². The Morgan fingerprint density at radius 1 is 1.14 bits per heavy atom. The number of fused-ring (bicyclic) bond motifs is 1. The van der Waals surface area contributed by atoms with Crippen LogP contribution in [0.4, 0.5) is 0 Å². The Morgan fingerprint density at radius 3 is 2.55 bits per heavy atom. The molecule has 2 aromatic rings. The van der Waals surface area contributed by atoms with Gasteiger partial charge in [-0.3, -0.25) is 9.69 Å². The maximum absolute atomic E-state index is 13.0. The average Bonchev–Trinajstić information content (AvgIpc) is 2.96. The molecule has 2 fully saturated rings. The van der Waals surface area contributed by atoms with Crippen molar-refractivity contribution in [3.8, 4) is 0 Å². The second-order valence-corrected chi connectivity index (χ2v) is 11.4. The highest BCUT2D eigenvalue weighted by molar-refractivity contribution is 7.86. The Kier molecular flexibility index (Phi) is 5.82. The van der Waals surface area contributed by atoms with E-state index in [1.807, 2.05) is 13.8 Å². The fraction of sp³-hybridized carbons (Fsp3) is 0.684. The van der Waals surface area contributed by atoms with Gasteiger partial charge in [0.2, 0.25) is 0 Å². The van der Waals surface area contributed by atoms with E-state index in [1.165, 1.54) is 0 Å². The van der Waals surface area contributed by atoms with Crippen molar-refractivity contribution in [1.82, 2.24) is 23.5 Å². The van der Waals surface area contributed by atoms with E-state index < -0.39 is 10.2 Å². The van der Waals surface area contributed by atoms with Gasteiger partial charge in [-0.15, -0.1) is 11.3 Å². The van der Waals surface area contributed by atoms with Crippen LogP contribution in [0.3, 0.4) is 0 Å². The molecule has 2 saturated heterocycles. The van der Waals surface area contributed by atoms with Crippen molar-refractivity contribution in [3.05, 3.63) is 26.6 Å². The molecule has 2 aliphatic heterocycles. The molecule has 4 rings (SSSR count). The third-order valence-corrected chi connectivity index (χ3v) is 9.17. The number of rotatable bonds is 4. The van der Waals surface area contributed by atoms with Crippen LogP contribution < -0.4 is 5.56 Å². The molecule has 1 unspecified atom stereocenters. The monoisotopic (exact) mass is 439 g/mol. The molecule has 0 radical (unpaired) electrons. The zero-order valence-electron chi connectivity index (χ0n) is 17.3. The summed E-state index contributed by atoms with van der Waals surface area (Å²) in [5.41, 5.74) is 0.906. The second kappa shape index (κ2) is 8.07. The number of aryl methyl sites for hydroxylation is 2. The minimum absolute atomic E-state index is 0.0905. The third-order valence-electron chi connectivity index (χ3n) is 6.07. The minimum Gasteiger partial charge on any atom is -0.309 e. The van der Waals surface area contributed by atoms with E-state index >= 15 is 0 Å². The molecule has 0 saturated carbocycles. The molecule has 4 heterocycles. The predicted octanol–water partition coefficient (Wildman–Crippen LogP) is 1.70. The molecule has 0 aromatic carbocycles. The Morgan fingerprint density at radius 2 is 1.86 bits per heavy atom. The van der Waals surface area contributed by atoms with E-state index in [2.05, 4.69) is 21.8 Å². The van der Waals surface area contributed by atoms with Gasteiger partial charge in [-0.2, -0.15) is 17.0 Å². The Bertz CT molecular complexity index is 1050. The maximum Gasteiger partial charge on any atom is 0.282 e. The minimum atomic E-state index is -3.38. The van der Waals surface area contributed by atoms with Crippen LogP contribution in [0, 0.1) is 19.8 Å². The first-order chi connectivity index (χ1) is 13.8. The van der Waals surface area contributed by atoms with Crippen LogP contribution in [0.5, 0.6) is 0 Å². The summed E-state index contributed by atoms with van der Waals surface area (Å²) in [7, 11) is -3.38. The number of nitrogens with one attached hydrogen (secondary N) is 1. The van der Waals surface area contributed by atoms with Gasteiger partial charge in [-0.25, -0.2) is 4.98 Å². The average molecular weight is 440 g/mol. The van der Waals surface area contributed by atoms with E-state index in [0.29, 0.717) is 62.9 Å². The van der Waals surface area contributed by atoms with Crippen LogP contribution in [-0.4, -0.2) is 71.2 Å². The van der Waals surface area contributed by atoms with Crippen LogP contribution in [0.2, 0.25) is 0 Å². The lowest BCUT2D eigenvalue weighted by Gasteiger charge is -2.38. The second-order valence-electron chi connectivity index (χ2n) is 8.26. The van der Waals surface area contributed by atoms with E-state index in [0.717, 1.165) is 28.1 Å². The first-order valence-corrected chi connectivity index (χ1v) is 12.4. The van der Waals surface area contributed by atoms with Gasteiger partial charge < -0.3 is 4.98 Å². The van der Waals surface area contributed by atoms with Crippen molar-refractivity contribution >= 4 is 31.8 Å². The fourth-order valence-corrected chi connectivity index (χ4v) is 7.03. The fourth-order valence-electron chi connectivity index (χ4n) is 4.22. The lowest BCUT2D eigenvalue weighted by atomic mass is 10.0. The van der Waals surface area contributed by atoms with Gasteiger partial charge in [0.05, 0.1) is 11.9 Å². The number of nitrogens with zero attached hydrogens (tertiary/aromatic N) is 4. The molecule has 29 heavy (non-hydrogen) atoms. The van der Waals surface area contributed by atoms with Crippen LogP contribution in [0.25, 0.3) is 10.2 Å². The largest absolute Gasteiger partial charge is 0.309 e.